The van der Waals surface area contributed by atoms with E-state index in [1.54, 1.807) is 37.3 Å². The number of phenolic OH excluding ortho intramolecular Hbond substituents is 1. The number of carbonyl (C=O) groups is 3. The Morgan fingerprint density at radius 1 is 0.487 bits per heavy atom. The van der Waals surface area contributed by atoms with E-state index in [1.165, 1.54) is 5.56 Å². The zero-order valence-corrected chi connectivity index (χ0v) is 72.8. The molecule has 113 heavy (non-hydrogen) atoms. The predicted octanol–water partition coefficient (Wildman–Crippen LogP) is 13.7. The summed E-state index contributed by atoms with van der Waals surface area (Å²) in [6.07, 6.45) is 4.08. The van der Waals surface area contributed by atoms with Gasteiger partial charge in [0.15, 0.2) is 12.6 Å². The van der Waals surface area contributed by atoms with Gasteiger partial charge in [-0.2, -0.15) is 0 Å². The summed E-state index contributed by atoms with van der Waals surface area (Å²) in [5, 5.41) is 49.0. The molecule has 0 saturated carbocycles. The van der Waals surface area contributed by atoms with E-state index in [0.717, 1.165) is 75.7 Å². The number of fused-ring (bicyclic) bond motifs is 2. The second kappa shape index (κ2) is 52.2. The van der Waals surface area contributed by atoms with E-state index in [9.17, 15) is 39.7 Å². The van der Waals surface area contributed by atoms with E-state index in [1.807, 2.05) is 177 Å². The first kappa shape index (κ1) is 103. The minimum atomic E-state index is -1.21. The van der Waals surface area contributed by atoms with Crippen molar-refractivity contribution in [1.82, 2.24) is 0 Å². The molecule has 3 aliphatic heterocycles. The van der Waals surface area contributed by atoms with Crippen LogP contribution >= 0.6 is 44.3 Å². The Bertz CT molecular complexity index is 4190. The van der Waals surface area contributed by atoms with E-state index in [0.29, 0.717) is 157 Å². The van der Waals surface area contributed by atoms with Crippen LogP contribution in [0.4, 0.5) is 0 Å². The number of ether oxygens (including phenoxy) is 7. The molecular weight excluding hydrogens is 1790 g/mol. The van der Waals surface area contributed by atoms with Gasteiger partial charge in [-0.15, -0.1) is 12.4 Å². The van der Waals surface area contributed by atoms with Crippen LogP contribution in [0.25, 0.3) is 0 Å². The number of aliphatic hydroxyl groups excluding tert-OH is 1. The van der Waals surface area contributed by atoms with Crippen molar-refractivity contribution in [3.8, 4) is 28.7 Å². The topological polar surface area (TPSA) is 303 Å². The molecule has 1 fully saturated rings. The second-order valence-electron chi connectivity index (χ2n) is 26.7. The van der Waals surface area contributed by atoms with Crippen LogP contribution in [-0.4, -0.2) is 143 Å². The number of halogens is 3. The number of carbonyl (C=O) groups excluding carboxylic acids is 3. The molecule has 0 bridgehead atoms. The number of nitrogens with two attached hydrogens (primary N) is 1. The summed E-state index contributed by atoms with van der Waals surface area (Å²) >= 11 is 6.53. The largest absolute Gasteiger partial charge is 0.506 e. The average molecular weight is 1890 g/mol. The van der Waals surface area contributed by atoms with Gasteiger partial charge in [-0.05, 0) is 150 Å². The van der Waals surface area contributed by atoms with Crippen LogP contribution in [0.2, 0.25) is 0 Å². The van der Waals surface area contributed by atoms with Gasteiger partial charge in [0, 0.05) is 118 Å². The molecule has 0 amide bonds. The maximum atomic E-state index is 11.7. The Hall–Kier alpha value is -6.50. The molecule has 2 unspecified atom stereocenters. The number of rotatable bonds is 32. The first-order chi connectivity index (χ1) is 51.9. The molecule has 8 aromatic carbocycles. The Morgan fingerprint density at radius 2 is 0.823 bits per heavy atom. The Kier molecular flexibility index (Phi) is 47.4. The van der Waals surface area contributed by atoms with Gasteiger partial charge in [0.1, 0.15) is 41.1 Å². The summed E-state index contributed by atoms with van der Waals surface area (Å²) in [5.74, 6) is 2.70. The summed E-state index contributed by atoms with van der Waals surface area (Å²) in [4.78, 5) is 43.4. The van der Waals surface area contributed by atoms with Crippen molar-refractivity contribution in [2.24, 2.45) is 5.73 Å². The van der Waals surface area contributed by atoms with Gasteiger partial charge < -0.3 is 92.6 Å². The SMILES string of the molecule is Cc1ccc(C=O)c(B2OC(C)(C)C(C)(C)O2)c1OCCCOCc1ccccc1.Cc1ccc(C=O)c(Br)c1O.Cc1ccc(C=O)c(Br)c1OCCCOCc1ccccc1.Cc1ccc2c(c1OCCCO)B(O)OC2CN.Cc1ccc2c(c1OCCCOCc1ccccc1)B(O)OC2C[N+](=O)[O-].Cl.[CH3-].[CH3-].[Pd].[Pd]. The van der Waals surface area contributed by atoms with Crippen LogP contribution < -0.4 is 41.1 Å². The average Bonchev–Trinajstić information content (AvgIpc) is 1.61. The number of aryl methyl sites for hydroxylation is 5. The summed E-state index contributed by atoms with van der Waals surface area (Å²) in [5.41, 5.74) is 17.4. The molecule has 0 aliphatic carbocycles. The van der Waals surface area contributed by atoms with E-state index >= 15 is 0 Å². The second-order valence-corrected chi connectivity index (χ2v) is 28.3. The number of aliphatic hydroxyl groups is 1. The van der Waals surface area contributed by atoms with Gasteiger partial charge in [-0.1, -0.05) is 152 Å². The minimum absolute atomic E-state index is 0. The summed E-state index contributed by atoms with van der Waals surface area (Å²) in [6.45, 7) is 22.8. The zero-order chi connectivity index (χ0) is 78.3. The van der Waals surface area contributed by atoms with Crippen LogP contribution in [0.15, 0.2) is 161 Å². The number of aromatic hydroxyl groups is 1. The van der Waals surface area contributed by atoms with Gasteiger partial charge in [-0.25, -0.2) is 0 Å². The Morgan fingerprint density at radius 3 is 1.21 bits per heavy atom. The van der Waals surface area contributed by atoms with Crippen molar-refractivity contribution in [3.05, 3.63) is 258 Å². The maximum Gasteiger partial charge on any atom is 0.499 e. The number of nitrogens with zero attached hydrogens (tertiary/aromatic N) is 1. The maximum absolute atomic E-state index is 11.7. The predicted molar refractivity (Wildman–Crippen MR) is 445 cm³/mol. The molecule has 22 nitrogen and oxygen atoms in total. The summed E-state index contributed by atoms with van der Waals surface area (Å²) in [7, 11) is -2.86. The molecule has 8 aromatic rings. The van der Waals surface area contributed by atoms with Crippen molar-refractivity contribution in [3.63, 3.8) is 0 Å². The van der Waals surface area contributed by atoms with Gasteiger partial charge >= 0.3 is 21.4 Å². The van der Waals surface area contributed by atoms with Gasteiger partial charge in [-0.3, -0.25) is 24.5 Å². The van der Waals surface area contributed by atoms with Crippen LogP contribution in [0.3, 0.4) is 0 Å². The fraction of sp³-hybridized carbons (Fsp3) is 0.361. The zero-order valence-electron chi connectivity index (χ0n) is 65.7. The third-order valence-corrected chi connectivity index (χ3v) is 19.7. The Balaban J connectivity index is 0.000000488. The molecular formula is C83H104B3Br2ClN2O20Pd2-2. The normalized spacial score (nSPS) is 14.1. The minimum Gasteiger partial charge on any atom is -0.506 e. The van der Waals surface area contributed by atoms with E-state index in [4.69, 9.17) is 62.6 Å². The fourth-order valence-corrected chi connectivity index (χ4v) is 12.6. The monoisotopic (exact) mass is 1890 g/mol. The third kappa shape index (κ3) is 30.2. The van der Waals surface area contributed by atoms with Crippen molar-refractivity contribution >= 4 is 101 Å². The number of benzene rings is 8. The molecule has 0 spiro atoms. The van der Waals surface area contributed by atoms with Crippen molar-refractivity contribution in [2.45, 2.75) is 131 Å². The molecule has 6 N–H and O–H groups in total. The van der Waals surface area contributed by atoms with E-state index < -0.39 is 43.6 Å². The molecule has 3 heterocycles. The van der Waals surface area contributed by atoms with Crippen LogP contribution in [-0.2, 0) is 93.5 Å². The molecule has 2 atom stereocenters. The third-order valence-electron chi connectivity index (χ3n) is 18.0. The molecule has 618 valence electrons. The summed E-state index contributed by atoms with van der Waals surface area (Å²) in [6, 6.07) is 48.2. The first-order valence-corrected chi connectivity index (χ1v) is 37.3. The number of hydrogen-bond donors (Lipinski definition) is 5. The Labute approximate surface area is 717 Å². The molecule has 11 rings (SSSR count). The first-order valence-electron chi connectivity index (χ1n) is 35.7. The standard InChI is InChI=1S/C24H31BO5.C19H22BNO6.C18H19BrO3.C12H18BNO4.C8H7BrO2.2CH3.ClH.2Pd/c1-18-12-13-20(16-26)21(25-29-23(2,3)24(4,5)30-25)22(18)28-15-9-14-27-17-19-10-7-6-8-11-19;1-14-8-9-16-17(12-21(23)24)27-20(22)18(16)19(14)26-11-5-10-25-13-15-6-3-2-4-7-15;1-14-8-9-16(12-20)17(19)18(14)22-11-5-10-21-13-15-6-3-2-4-7-15;1-8-3-4-9-10(7-14)18-13(16)11(9)12(8)17-6-2-5-15;1-5-2-3-6(4-10)7(9)8(5)11;;;;;/h6-8,10-13,16H,9,14-15,17H2,1-5H3;2-4,6-9,17,22H,5,10-13H2,1H3;2-4,6-9,12H,5,10-11,13H2,1H3;3-4,10,15-16H,2,5-7,14H2,1H3;2-4,11H,1H3;2*1H3;1H;;/q;;;;;2*-1;;;. The van der Waals surface area contributed by atoms with Crippen LogP contribution in [0, 0.1) is 59.6 Å². The van der Waals surface area contributed by atoms with Crippen LogP contribution in [0.1, 0.15) is 152 Å². The van der Waals surface area contributed by atoms with Crippen molar-refractivity contribution in [1.29, 1.82) is 0 Å². The number of aldehydes is 3. The fourth-order valence-electron chi connectivity index (χ4n) is 11.4. The van der Waals surface area contributed by atoms with Gasteiger partial charge in [0.25, 0.3) is 0 Å². The van der Waals surface area contributed by atoms with E-state index in [2.05, 4.69) is 31.9 Å². The molecule has 0 radical (unpaired) electrons. The number of nitro groups is 1. The quantitative estimate of drug-likeness (QED) is 0.00653. The van der Waals surface area contributed by atoms with Crippen molar-refractivity contribution < 1.29 is 132 Å². The number of hydrogen-bond acceptors (Lipinski definition) is 21. The van der Waals surface area contributed by atoms with E-state index in [-0.39, 0.29) is 93.1 Å². The molecule has 0 aromatic heterocycles. The van der Waals surface area contributed by atoms with Crippen molar-refractivity contribution in [2.75, 3.05) is 65.9 Å². The van der Waals surface area contributed by atoms with Crippen LogP contribution in [0.5, 0.6) is 28.7 Å². The number of phenols is 1. The molecule has 30 heteroatoms. The summed E-state index contributed by atoms with van der Waals surface area (Å²) < 4.78 is 64.7. The molecule has 1 saturated heterocycles. The van der Waals surface area contributed by atoms with Gasteiger partial charge in [0.05, 0.1) is 92.3 Å². The smallest absolute Gasteiger partial charge is 0.499 e. The molecule has 3 aliphatic rings. The van der Waals surface area contributed by atoms with Gasteiger partial charge in [0.2, 0.25) is 6.54 Å².